The molecule has 22 heavy (non-hydrogen) atoms. The van der Waals surface area contributed by atoms with E-state index in [2.05, 4.69) is 20.7 Å². The Morgan fingerprint density at radius 1 is 1.09 bits per heavy atom. The number of hydrogen-bond donors (Lipinski definition) is 0. The lowest BCUT2D eigenvalue weighted by Gasteiger charge is -2.38. The molecule has 1 saturated heterocycles. The number of carbonyl (C=O) groups is 1. The van der Waals surface area contributed by atoms with Crippen LogP contribution in [0, 0.1) is 0 Å². The van der Waals surface area contributed by atoms with Crippen LogP contribution in [0.3, 0.4) is 0 Å². The van der Waals surface area contributed by atoms with Gasteiger partial charge in [0.25, 0.3) is 0 Å². The molecule has 2 rings (SSSR count). The summed E-state index contributed by atoms with van der Waals surface area (Å²) >= 11 is 2.60. The zero-order valence-corrected chi connectivity index (χ0v) is 12.2. The van der Waals surface area contributed by atoms with Gasteiger partial charge in [-0.1, -0.05) is 46.3 Å². The van der Waals surface area contributed by atoms with Gasteiger partial charge in [-0.2, -0.15) is 26.3 Å². The molecule has 1 fully saturated rings. The molecule has 1 heterocycles. The summed E-state index contributed by atoms with van der Waals surface area (Å²) in [4.78, 5) is 11.7. The van der Waals surface area contributed by atoms with Gasteiger partial charge in [-0.25, -0.2) is 9.69 Å². The van der Waals surface area contributed by atoms with Gasteiger partial charge in [0, 0.05) is 0 Å². The Hall–Kier alpha value is -1.29. The molecular formula is C12H8BrF6NO2. The molecule has 1 aliphatic heterocycles. The Kier molecular flexibility index (Phi) is 4.20. The SMILES string of the molecule is O=C1OC(C(F)(F)F)(C(F)(F)F)N(CBr)[C@@H]1c1ccccc1. The second kappa shape index (κ2) is 5.41. The quantitative estimate of drug-likeness (QED) is 0.332. The number of cyclic esters (lactones) is 1. The van der Waals surface area contributed by atoms with Crippen LogP contribution in [-0.2, 0) is 9.53 Å². The highest BCUT2D eigenvalue weighted by atomic mass is 79.9. The van der Waals surface area contributed by atoms with Crippen molar-refractivity contribution in [1.82, 2.24) is 4.90 Å². The van der Waals surface area contributed by atoms with Gasteiger partial charge < -0.3 is 4.74 Å². The summed E-state index contributed by atoms with van der Waals surface area (Å²) in [6, 6.07) is 5.01. The van der Waals surface area contributed by atoms with Crippen LogP contribution in [0.5, 0.6) is 0 Å². The van der Waals surface area contributed by atoms with E-state index in [-0.39, 0.29) is 10.5 Å². The van der Waals surface area contributed by atoms with E-state index in [0.717, 1.165) is 0 Å². The fraction of sp³-hybridized carbons (Fsp3) is 0.417. The maximum absolute atomic E-state index is 13.2. The highest BCUT2D eigenvalue weighted by molar-refractivity contribution is 9.09. The number of benzene rings is 1. The summed E-state index contributed by atoms with van der Waals surface area (Å²) in [7, 11) is 0. The maximum Gasteiger partial charge on any atom is 0.453 e. The molecular weight excluding hydrogens is 384 g/mol. The summed E-state index contributed by atoms with van der Waals surface area (Å²) in [5.41, 5.74) is -5.57. The minimum atomic E-state index is -5.85. The lowest BCUT2D eigenvalue weighted by Crippen LogP contribution is -2.65. The first-order valence-electron chi connectivity index (χ1n) is 5.80. The first-order valence-corrected chi connectivity index (χ1v) is 6.92. The highest BCUT2D eigenvalue weighted by Gasteiger charge is 2.81. The van der Waals surface area contributed by atoms with Crippen molar-refractivity contribution >= 4 is 21.9 Å². The Labute approximate surface area is 129 Å². The fourth-order valence-electron chi connectivity index (χ4n) is 2.28. The van der Waals surface area contributed by atoms with Gasteiger partial charge in [0.15, 0.2) is 0 Å². The van der Waals surface area contributed by atoms with Gasteiger partial charge in [-0.3, -0.25) is 0 Å². The highest BCUT2D eigenvalue weighted by Crippen LogP contribution is 2.55. The number of halogens is 7. The van der Waals surface area contributed by atoms with Crippen molar-refractivity contribution in [2.75, 3.05) is 5.45 Å². The molecule has 1 aromatic carbocycles. The third-order valence-electron chi connectivity index (χ3n) is 3.20. The Balaban J connectivity index is 2.62. The van der Waals surface area contributed by atoms with E-state index >= 15 is 0 Å². The van der Waals surface area contributed by atoms with Crippen LogP contribution >= 0.6 is 15.9 Å². The van der Waals surface area contributed by atoms with Gasteiger partial charge in [-0.15, -0.1) is 0 Å². The largest absolute Gasteiger partial charge is 0.453 e. The number of esters is 1. The molecule has 0 bridgehead atoms. The normalized spacial score (nSPS) is 22.7. The van der Waals surface area contributed by atoms with E-state index in [9.17, 15) is 31.1 Å². The van der Waals surface area contributed by atoms with Crippen molar-refractivity contribution in [3.05, 3.63) is 35.9 Å². The predicted molar refractivity (Wildman–Crippen MR) is 65.7 cm³/mol. The molecule has 3 nitrogen and oxygen atoms in total. The van der Waals surface area contributed by atoms with E-state index < -0.39 is 35.5 Å². The van der Waals surface area contributed by atoms with Crippen LogP contribution in [0.15, 0.2) is 30.3 Å². The fourth-order valence-corrected chi connectivity index (χ4v) is 2.92. The molecule has 10 heteroatoms. The topological polar surface area (TPSA) is 29.5 Å². The van der Waals surface area contributed by atoms with E-state index in [1.165, 1.54) is 30.3 Å². The first-order chi connectivity index (χ1) is 10.1. The van der Waals surface area contributed by atoms with Gasteiger partial charge in [-0.05, 0) is 5.56 Å². The minimum Gasteiger partial charge on any atom is -0.423 e. The van der Waals surface area contributed by atoms with Crippen LogP contribution in [0.1, 0.15) is 11.6 Å². The molecule has 122 valence electrons. The molecule has 1 atom stereocenters. The first kappa shape index (κ1) is 17.1. The van der Waals surface area contributed by atoms with Crippen molar-refractivity contribution in [2.45, 2.75) is 24.1 Å². The lowest BCUT2D eigenvalue weighted by atomic mass is 10.0. The standard InChI is InChI=1S/C12H8BrF6NO2/c13-6-20-8(7-4-2-1-3-5-7)9(21)22-10(20,11(14,15)16)12(17,18)19/h1-5,8H,6H2/t8-/m1/s1. The van der Waals surface area contributed by atoms with E-state index in [1.54, 1.807) is 0 Å². The molecule has 1 aromatic rings. The van der Waals surface area contributed by atoms with Crippen molar-refractivity contribution in [3.63, 3.8) is 0 Å². The van der Waals surface area contributed by atoms with Crippen LogP contribution in [-0.4, -0.2) is 34.4 Å². The Morgan fingerprint density at radius 3 is 2.00 bits per heavy atom. The maximum atomic E-state index is 13.2. The monoisotopic (exact) mass is 391 g/mol. The van der Waals surface area contributed by atoms with Crippen LogP contribution in [0.2, 0.25) is 0 Å². The number of nitrogens with zero attached hydrogens (tertiary/aromatic N) is 1. The average molecular weight is 392 g/mol. The molecule has 0 saturated carbocycles. The summed E-state index contributed by atoms with van der Waals surface area (Å²) in [5.74, 6) is -1.61. The van der Waals surface area contributed by atoms with E-state index in [4.69, 9.17) is 0 Å². The molecule has 0 aliphatic carbocycles. The van der Waals surface area contributed by atoms with Crippen LogP contribution in [0.25, 0.3) is 0 Å². The van der Waals surface area contributed by atoms with Gasteiger partial charge >= 0.3 is 24.0 Å². The number of ether oxygens (including phenoxy) is 1. The van der Waals surface area contributed by atoms with Crippen molar-refractivity contribution in [1.29, 1.82) is 0 Å². The van der Waals surface area contributed by atoms with Gasteiger partial charge in [0.05, 0.1) is 5.45 Å². The number of alkyl halides is 7. The predicted octanol–water partition coefficient (Wildman–Crippen LogP) is 3.76. The number of rotatable bonds is 2. The molecule has 0 amide bonds. The summed E-state index contributed by atoms with van der Waals surface area (Å²) < 4.78 is 82.8. The van der Waals surface area contributed by atoms with E-state index in [1.807, 2.05) is 0 Å². The molecule has 1 aliphatic rings. The molecule has 0 radical (unpaired) electrons. The second-order valence-corrected chi connectivity index (χ2v) is 4.96. The Morgan fingerprint density at radius 2 is 1.59 bits per heavy atom. The molecule has 0 aromatic heterocycles. The zero-order valence-electron chi connectivity index (χ0n) is 10.6. The van der Waals surface area contributed by atoms with Crippen molar-refractivity contribution < 1.29 is 35.9 Å². The average Bonchev–Trinajstić information content (AvgIpc) is 2.72. The van der Waals surface area contributed by atoms with Gasteiger partial charge in [0.1, 0.15) is 6.04 Å². The third-order valence-corrected chi connectivity index (χ3v) is 3.74. The second-order valence-electron chi connectivity index (χ2n) is 4.46. The third kappa shape index (κ3) is 2.37. The van der Waals surface area contributed by atoms with Crippen LogP contribution < -0.4 is 0 Å². The van der Waals surface area contributed by atoms with Crippen LogP contribution in [0.4, 0.5) is 26.3 Å². The summed E-state index contributed by atoms with van der Waals surface area (Å²) in [6.07, 6.45) is -11.7. The number of hydrogen-bond acceptors (Lipinski definition) is 3. The molecule has 0 spiro atoms. The van der Waals surface area contributed by atoms with Gasteiger partial charge in [0.2, 0.25) is 0 Å². The summed E-state index contributed by atoms with van der Waals surface area (Å²) in [5, 5.41) is 0. The number of carbonyl (C=O) groups excluding carboxylic acids is 1. The smallest absolute Gasteiger partial charge is 0.423 e. The molecule has 0 N–H and O–H groups in total. The van der Waals surface area contributed by atoms with Crippen molar-refractivity contribution in [2.24, 2.45) is 0 Å². The zero-order chi connectivity index (χ0) is 16.8. The van der Waals surface area contributed by atoms with E-state index in [0.29, 0.717) is 0 Å². The minimum absolute atomic E-state index is 0.0256. The lowest BCUT2D eigenvalue weighted by molar-refractivity contribution is -0.399. The van der Waals surface area contributed by atoms with Crippen molar-refractivity contribution in [3.8, 4) is 0 Å². The molecule has 0 unspecified atom stereocenters. The summed E-state index contributed by atoms with van der Waals surface area (Å²) in [6.45, 7) is 0. The Bertz CT molecular complexity index is 545.